The molecule has 0 fully saturated rings. The number of rotatable bonds is 5. The molecule has 0 bridgehead atoms. The standard InChI is InChI=1S/C13H12FNO5S/c1-8(9-2-4-10(14)5-3-9)15-21(18,19)12-7-6-11(20-12)13(16)17/h2-8,15H,1H3,(H,16,17)/t8-/m0/s1. The van der Waals surface area contributed by atoms with Gasteiger partial charge >= 0.3 is 5.97 Å². The molecule has 1 aromatic heterocycles. The molecule has 0 aliphatic carbocycles. The normalized spacial score (nSPS) is 13.0. The molecule has 8 heteroatoms. The zero-order valence-corrected chi connectivity index (χ0v) is 11.7. The van der Waals surface area contributed by atoms with Gasteiger partial charge in [0.15, 0.2) is 0 Å². The lowest BCUT2D eigenvalue weighted by molar-refractivity contribution is 0.0656. The molecular weight excluding hydrogens is 301 g/mol. The molecule has 112 valence electrons. The quantitative estimate of drug-likeness (QED) is 0.881. The second-order valence-electron chi connectivity index (χ2n) is 4.32. The van der Waals surface area contributed by atoms with Crippen molar-refractivity contribution in [2.75, 3.05) is 0 Å². The summed E-state index contributed by atoms with van der Waals surface area (Å²) in [6.07, 6.45) is 0. The molecule has 0 unspecified atom stereocenters. The molecule has 1 atom stereocenters. The average Bonchev–Trinajstić information content (AvgIpc) is 2.89. The molecule has 2 N–H and O–H groups in total. The van der Waals surface area contributed by atoms with Crippen molar-refractivity contribution in [3.63, 3.8) is 0 Å². The van der Waals surface area contributed by atoms with Crippen LogP contribution < -0.4 is 4.72 Å². The summed E-state index contributed by atoms with van der Waals surface area (Å²) in [6, 6.07) is 6.82. The van der Waals surface area contributed by atoms with Crippen LogP contribution in [-0.2, 0) is 10.0 Å². The maximum Gasteiger partial charge on any atom is 0.371 e. The van der Waals surface area contributed by atoms with Crippen LogP contribution in [-0.4, -0.2) is 19.5 Å². The van der Waals surface area contributed by atoms with Crippen LogP contribution in [0.5, 0.6) is 0 Å². The minimum atomic E-state index is -4.00. The van der Waals surface area contributed by atoms with Crippen molar-refractivity contribution in [3.8, 4) is 0 Å². The predicted molar refractivity (Wildman–Crippen MR) is 70.8 cm³/mol. The molecule has 21 heavy (non-hydrogen) atoms. The first-order valence-electron chi connectivity index (χ1n) is 5.90. The molecule has 1 aromatic carbocycles. The Labute approximate surface area is 120 Å². The number of carboxylic acid groups (broad SMARTS) is 1. The molecule has 0 aliphatic rings. The second-order valence-corrected chi connectivity index (χ2v) is 5.96. The Morgan fingerprint density at radius 2 is 1.86 bits per heavy atom. The summed E-state index contributed by atoms with van der Waals surface area (Å²) in [5.74, 6) is -2.25. The van der Waals surface area contributed by atoms with Gasteiger partial charge in [-0.05, 0) is 36.8 Å². The fourth-order valence-corrected chi connectivity index (χ4v) is 2.85. The molecular formula is C13H12FNO5S. The van der Waals surface area contributed by atoms with Gasteiger partial charge in [0.2, 0.25) is 10.9 Å². The Balaban J connectivity index is 2.20. The predicted octanol–water partition coefficient (Wildman–Crippen LogP) is 2.16. The second kappa shape index (κ2) is 5.66. The van der Waals surface area contributed by atoms with Crippen molar-refractivity contribution in [3.05, 3.63) is 53.5 Å². The zero-order chi connectivity index (χ0) is 15.6. The Morgan fingerprint density at radius 1 is 1.24 bits per heavy atom. The number of aromatic carboxylic acids is 1. The van der Waals surface area contributed by atoms with Gasteiger partial charge in [-0.15, -0.1) is 0 Å². The van der Waals surface area contributed by atoms with E-state index in [-0.39, 0.29) is 0 Å². The van der Waals surface area contributed by atoms with Crippen molar-refractivity contribution >= 4 is 16.0 Å². The van der Waals surface area contributed by atoms with E-state index in [4.69, 9.17) is 9.52 Å². The Hall–Kier alpha value is -2.19. The topological polar surface area (TPSA) is 96.6 Å². The van der Waals surface area contributed by atoms with Crippen molar-refractivity contribution in [1.29, 1.82) is 0 Å². The van der Waals surface area contributed by atoms with Crippen LogP contribution in [0.25, 0.3) is 0 Å². The molecule has 0 aliphatic heterocycles. The monoisotopic (exact) mass is 313 g/mol. The number of hydrogen-bond acceptors (Lipinski definition) is 4. The number of furan rings is 1. The molecule has 0 radical (unpaired) electrons. The van der Waals surface area contributed by atoms with E-state index in [0.29, 0.717) is 5.56 Å². The molecule has 1 heterocycles. The van der Waals surface area contributed by atoms with Crippen LogP contribution in [0.15, 0.2) is 45.9 Å². The fraction of sp³-hybridized carbons (Fsp3) is 0.154. The molecule has 0 saturated heterocycles. The molecule has 6 nitrogen and oxygen atoms in total. The van der Waals surface area contributed by atoms with Crippen molar-refractivity contribution in [2.24, 2.45) is 0 Å². The van der Waals surface area contributed by atoms with E-state index in [1.54, 1.807) is 6.92 Å². The molecule has 2 rings (SSSR count). The van der Waals surface area contributed by atoms with E-state index in [2.05, 4.69) is 4.72 Å². The van der Waals surface area contributed by atoms with E-state index >= 15 is 0 Å². The third-order valence-corrected chi connectivity index (χ3v) is 4.17. The summed E-state index contributed by atoms with van der Waals surface area (Å²) in [7, 11) is -4.00. The molecule has 2 aromatic rings. The van der Waals surface area contributed by atoms with Gasteiger partial charge in [0.25, 0.3) is 10.0 Å². The summed E-state index contributed by atoms with van der Waals surface area (Å²) < 4.78 is 44.0. The lowest BCUT2D eigenvalue weighted by Crippen LogP contribution is -2.26. The van der Waals surface area contributed by atoms with Crippen LogP contribution >= 0.6 is 0 Å². The fourth-order valence-electron chi connectivity index (χ4n) is 1.69. The number of sulfonamides is 1. The third kappa shape index (κ3) is 3.47. The largest absolute Gasteiger partial charge is 0.475 e. The van der Waals surface area contributed by atoms with E-state index in [9.17, 15) is 17.6 Å². The number of halogens is 1. The average molecular weight is 313 g/mol. The first kappa shape index (κ1) is 15.2. The van der Waals surface area contributed by atoms with Gasteiger partial charge in [0.1, 0.15) is 5.82 Å². The van der Waals surface area contributed by atoms with Crippen LogP contribution in [0.3, 0.4) is 0 Å². The van der Waals surface area contributed by atoms with Crippen LogP contribution in [0.1, 0.15) is 29.1 Å². The highest BCUT2D eigenvalue weighted by Gasteiger charge is 2.23. The maximum atomic E-state index is 12.8. The third-order valence-electron chi connectivity index (χ3n) is 2.76. The number of benzene rings is 1. The Bertz CT molecular complexity index is 751. The highest BCUT2D eigenvalue weighted by atomic mass is 32.2. The summed E-state index contributed by atoms with van der Waals surface area (Å²) in [5, 5.41) is 8.21. The van der Waals surface area contributed by atoms with Gasteiger partial charge in [0.05, 0.1) is 0 Å². The van der Waals surface area contributed by atoms with E-state index in [0.717, 1.165) is 12.1 Å². The number of carbonyl (C=O) groups is 1. The number of hydrogen-bond donors (Lipinski definition) is 2. The minimum absolute atomic E-state index is 0.425. The van der Waals surface area contributed by atoms with E-state index in [1.165, 1.54) is 24.3 Å². The molecule has 0 amide bonds. The summed E-state index contributed by atoms with van der Waals surface area (Å²) in [6.45, 7) is 1.58. The van der Waals surface area contributed by atoms with E-state index in [1.807, 2.05) is 0 Å². The van der Waals surface area contributed by atoms with Gasteiger partial charge in [-0.3, -0.25) is 0 Å². The Morgan fingerprint density at radius 3 is 2.38 bits per heavy atom. The maximum absolute atomic E-state index is 12.8. The zero-order valence-electron chi connectivity index (χ0n) is 10.9. The molecule has 0 saturated carbocycles. The van der Waals surface area contributed by atoms with Crippen molar-refractivity contribution in [1.82, 2.24) is 4.72 Å². The molecule has 0 spiro atoms. The summed E-state index contributed by atoms with van der Waals surface area (Å²) in [5.41, 5.74) is 0.560. The number of nitrogens with one attached hydrogen (secondary N) is 1. The lowest BCUT2D eigenvalue weighted by atomic mass is 10.1. The Kier molecular flexibility index (Phi) is 4.10. The van der Waals surface area contributed by atoms with Gasteiger partial charge in [-0.2, -0.15) is 0 Å². The highest BCUT2D eigenvalue weighted by molar-refractivity contribution is 7.89. The van der Waals surface area contributed by atoms with Crippen LogP contribution in [0.2, 0.25) is 0 Å². The smallest absolute Gasteiger partial charge is 0.371 e. The summed E-state index contributed by atoms with van der Waals surface area (Å²) in [4.78, 5) is 10.7. The van der Waals surface area contributed by atoms with Crippen molar-refractivity contribution < 1.29 is 27.1 Å². The SMILES string of the molecule is C[C@H](NS(=O)(=O)c1ccc(C(=O)O)o1)c1ccc(F)cc1. The first-order valence-corrected chi connectivity index (χ1v) is 7.39. The highest BCUT2D eigenvalue weighted by Crippen LogP contribution is 2.19. The minimum Gasteiger partial charge on any atom is -0.475 e. The van der Waals surface area contributed by atoms with Gasteiger partial charge in [-0.25, -0.2) is 22.3 Å². The summed E-state index contributed by atoms with van der Waals surface area (Å²) >= 11 is 0. The van der Waals surface area contributed by atoms with E-state index < -0.39 is 38.7 Å². The van der Waals surface area contributed by atoms with Crippen molar-refractivity contribution in [2.45, 2.75) is 18.1 Å². The van der Waals surface area contributed by atoms with Gasteiger partial charge < -0.3 is 9.52 Å². The van der Waals surface area contributed by atoms with Gasteiger partial charge in [0, 0.05) is 6.04 Å². The van der Waals surface area contributed by atoms with Crippen LogP contribution in [0.4, 0.5) is 4.39 Å². The number of carboxylic acids is 1. The van der Waals surface area contributed by atoms with Crippen LogP contribution in [0, 0.1) is 5.82 Å². The lowest BCUT2D eigenvalue weighted by Gasteiger charge is -2.13. The van der Waals surface area contributed by atoms with Gasteiger partial charge in [-0.1, -0.05) is 12.1 Å². The first-order chi connectivity index (χ1) is 9.79.